The topological polar surface area (TPSA) is 25.0 Å². The Bertz CT molecular complexity index is 580. The van der Waals surface area contributed by atoms with Gasteiger partial charge >= 0.3 is 0 Å². The van der Waals surface area contributed by atoms with Gasteiger partial charge in [0.15, 0.2) is 0 Å². The van der Waals surface area contributed by atoms with Crippen molar-refractivity contribution in [1.82, 2.24) is 9.58 Å². The lowest BCUT2D eigenvalue weighted by Gasteiger charge is -2.30. The number of hydrogen-bond acceptors (Lipinski definition) is 2. The van der Waals surface area contributed by atoms with E-state index in [4.69, 9.17) is 0 Å². The third-order valence-electron chi connectivity index (χ3n) is 4.08. The van der Waals surface area contributed by atoms with E-state index >= 15 is 0 Å². The van der Waals surface area contributed by atoms with Gasteiger partial charge in [-0.1, -0.05) is 30.3 Å². The van der Waals surface area contributed by atoms with Crippen LogP contribution in [0.2, 0.25) is 0 Å². The van der Waals surface area contributed by atoms with E-state index in [2.05, 4.69) is 51.1 Å². The fourth-order valence-corrected chi connectivity index (χ4v) is 2.74. The van der Waals surface area contributed by atoms with E-state index in [0.29, 0.717) is 0 Å². The van der Waals surface area contributed by atoms with Crippen LogP contribution in [0.1, 0.15) is 11.3 Å². The van der Waals surface area contributed by atoms with E-state index in [-0.39, 0.29) is 0 Å². The fourth-order valence-electron chi connectivity index (χ4n) is 2.74. The Kier molecular flexibility index (Phi) is 4.36. The van der Waals surface area contributed by atoms with Gasteiger partial charge in [-0.25, -0.2) is 0 Å². The number of benzene rings is 1. The molecule has 4 nitrogen and oxygen atoms in total. The molecule has 0 aliphatic carbocycles. The normalized spacial score (nSPS) is 16.7. The van der Waals surface area contributed by atoms with E-state index in [1.165, 1.54) is 5.56 Å². The summed E-state index contributed by atoms with van der Waals surface area (Å²) in [6.45, 7) is 5.49. The van der Waals surface area contributed by atoms with Crippen molar-refractivity contribution in [3.63, 3.8) is 0 Å². The number of rotatable bonds is 4. The molecule has 1 aromatic heterocycles. The van der Waals surface area contributed by atoms with Gasteiger partial charge < -0.3 is 9.47 Å². The molecule has 1 aliphatic rings. The summed E-state index contributed by atoms with van der Waals surface area (Å²) in [7, 11) is 2.04. The molecule has 0 saturated carbocycles. The van der Waals surface area contributed by atoms with Crippen molar-refractivity contribution in [3.8, 4) is 0 Å². The van der Waals surface area contributed by atoms with E-state index in [1.807, 2.05) is 25.5 Å². The van der Waals surface area contributed by atoms with Crippen molar-refractivity contribution in [3.05, 3.63) is 59.9 Å². The Morgan fingerprint density at radius 1 is 1.10 bits per heavy atom. The van der Waals surface area contributed by atoms with Crippen LogP contribution in [0, 0.1) is 0 Å². The maximum absolute atomic E-state index is 4.60. The molecule has 2 heterocycles. The van der Waals surface area contributed by atoms with E-state index in [9.17, 15) is 0 Å². The maximum Gasteiger partial charge on any atom is 0.103 e. The van der Waals surface area contributed by atoms with Crippen LogP contribution in [0.15, 0.2) is 53.8 Å². The van der Waals surface area contributed by atoms with Crippen molar-refractivity contribution in [2.24, 2.45) is 12.1 Å². The Hall–Kier alpha value is -2.07. The summed E-state index contributed by atoms with van der Waals surface area (Å²) in [6, 6.07) is 14.9. The molecule has 4 heteroatoms. The molecule has 21 heavy (non-hydrogen) atoms. The third-order valence-corrected chi connectivity index (χ3v) is 4.08. The van der Waals surface area contributed by atoms with Crippen LogP contribution in [-0.2, 0) is 13.6 Å². The molecule has 0 unspecified atom stereocenters. The van der Waals surface area contributed by atoms with Gasteiger partial charge in [-0.15, -0.1) is 0 Å². The van der Waals surface area contributed by atoms with Gasteiger partial charge in [0, 0.05) is 18.8 Å². The van der Waals surface area contributed by atoms with Crippen LogP contribution >= 0.6 is 0 Å². The maximum atomic E-state index is 4.60. The summed E-state index contributed by atoms with van der Waals surface area (Å²) in [5.41, 5.74) is 2.57. The third kappa shape index (κ3) is 3.73. The highest BCUT2D eigenvalue weighted by atomic mass is 15.5. The molecule has 2 aromatic rings. The molecule has 1 N–H and O–H groups in total. The summed E-state index contributed by atoms with van der Waals surface area (Å²) >= 11 is 0. The molecule has 0 atom stereocenters. The molecule has 1 saturated heterocycles. The second-order valence-corrected chi connectivity index (χ2v) is 5.65. The van der Waals surface area contributed by atoms with E-state index in [1.54, 1.807) is 4.90 Å². The first-order chi connectivity index (χ1) is 10.3. The highest BCUT2D eigenvalue weighted by Crippen LogP contribution is 1.99. The molecule has 1 aromatic carbocycles. The lowest BCUT2D eigenvalue weighted by atomic mass is 10.2. The molecular formula is C17H23N4+. The van der Waals surface area contributed by atoms with Crippen molar-refractivity contribution in [2.45, 2.75) is 6.54 Å². The number of hydrazone groups is 1. The number of nitrogens with one attached hydrogen (secondary N) is 1. The van der Waals surface area contributed by atoms with E-state index in [0.717, 1.165) is 38.4 Å². The van der Waals surface area contributed by atoms with Crippen LogP contribution in [0.5, 0.6) is 0 Å². The van der Waals surface area contributed by atoms with Crippen LogP contribution in [0.4, 0.5) is 0 Å². The van der Waals surface area contributed by atoms with Crippen LogP contribution in [-0.4, -0.2) is 42.0 Å². The zero-order valence-corrected chi connectivity index (χ0v) is 12.6. The Morgan fingerprint density at radius 2 is 1.86 bits per heavy atom. The van der Waals surface area contributed by atoms with Crippen molar-refractivity contribution in [1.29, 1.82) is 0 Å². The number of quaternary nitrogens is 1. The minimum Gasteiger partial charge on any atom is -0.350 e. The molecule has 110 valence electrons. The summed E-state index contributed by atoms with van der Waals surface area (Å²) in [6.07, 6.45) is 4.01. The molecule has 0 spiro atoms. The first-order valence-corrected chi connectivity index (χ1v) is 7.59. The quantitative estimate of drug-likeness (QED) is 0.824. The SMILES string of the molecule is Cn1cccc1/C=N/N1CC[NH+](Cc2ccccc2)CC1. The van der Waals surface area contributed by atoms with Crippen molar-refractivity contribution >= 4 is 6.21 Å². The summed E-state index contributed by atoms with van der Waals surface area (Å²) < 4.78 is 2.08. The first kappa shape index (κ1) is 13.9. The highest BCUT2D eigenvalue weighted by Gasteiger charge is 2.18. The lowest BCUT2D eigenvalue weighted by Crippen LogP contribution is -3.13. The largest absolute Gasteiger partial charge is 0.350 e. The van der Waals surface area contributed by atoms with Gasteiger partial charge in [-0.2, -0.15) is 5.10 Å². The smallest absolute Gasteiger partial charge is 0.103 e. The van der Waals surface area contributed by atoms with E-state index < -0.39 is 0 Å². The number of hydrogen-bond donors (Lipinski definition) is 1. The average molecular weight is 283 g/mol. The summed E-state index contributed by atoms with van der Waals surface area (Å²) in [4.78, 5) is 1.64. The minimum atomic E-state index is 1.03. The molecular weight excluding hydrogens is 260 g/mol. The predicted octanol–water partition coefficient (Wildman–Crippen LogP) is 0.760. The van der Waals surface area contributed by atoms with Gasteiger partial charge in [0.1, 0.15) is 6.54 Å². The number of nitrogens with zero attached hydrogens (tertiary/aromatic N) is 3. The Labute approximate surface area is 126 Å². The van der Waals surface area contributed by atoms with Gasteiger partial charge in [-0.3, -0.25) is 5.01 Å². The summed E-state index contributed by atoms with van der Waals surface area (Å²) in [5, 5.41) is 6.78. The minimum absolute atomic E-state index is 1.03. The monoisotopic (exact) mass is 283 g/mol. The molecule has 1 fully saturated rings. The van der Waals surface area contributed by atoms with Crippen LogP contribution in [0.3, 0.4) is 0 Å². The molecule has 1 aliphatic heterocycles. The molecule has 0 bridgehead atoms. The second kappa shape index (κ2) is 6.59. The van der Waals surface area contributed by atoms with Gasteiger partial charge in [0.05, 0.1) is 38.1 Å². The van der Waals surface area contributed by atoms with Crippen LogP contribution in [0.25, 0.3) is 0 Å². The number of piperazine rings is 1. The fraction of sp³-hybridized carbons (Fsp3) is 0.353. The number of aromatic nitrogens is 1. The van der Waals surface area contributed by atoms with Crippen LogP contribution < -0.4 is 4.90 Å². The van der Waals surface area contributed by atoms with Gasteiger partial charge in [0.25, 0.3) is 0 Å². The number of aryl methyl sites for hydroxylation is 1. The Morgan fingerprint density at radius 3 is 2.52 bits per heavy atom. The Balaban J connectivity index is 1.49. The standard InChI is InChI=1S/C17H22N4/c1-19-9-5-8-17(19)14-18-21-12-10-20(11-13-21)15-16-6-3-2-4-7-16/h2-9,14H,10-13,15H2,1H3/p+1/b18-14+. The lowest BCUT2D eigenvalue weighted by molar-refractivity contribution is -0.918. The molecule has 3 rings (SSSR count). The molecule has 0 radical (unpaired) electrons. The predicted molar refractivity (Wildman–Crippen MR) is 85.4 cm³/mol. The molecule has 0 amide bonds. The zero-order valence-electron chi connectivity index (χ0n) is 12.6. The average Bonchev–Trinajstić information content (AvgIpc) is 2.93. The summed E-state index contributed by atoms with van der Waals surface area (Å²) in [5.74, 6) is 0. The second-order valence-electron chi connectivity index (χ2n) is 5.65. The van der Waals surface area contributed by atoms with Gasteiger partial charge in [0.2, 0.25) is 0 Å². The first-order valence-electron chi connectivity index (χ1n) is 7.59. The van der Waals surface area contributed by atoms with Gasteiger partial charge in [-0.05, 0) is 12.1 Å². The van der Waals surface area contributed by atoms with Crippen molar-refractivity contribution < 1.29 is 4.90 Å². The van der Waals surface area contributed by atoms with Crippen molar-refractivity contribution in [2.75, 3.05) is 26.2 Å². The zero-order chi connectivity index (χ0) is 14.5. The highest BCUT2D eigenvalue weighted by molar-refractivity contribution is 5.77.